The highest BCUT2D eigenvalue weighted by molar-refractivity contribution is 5.63. The summed E-state index contributed by atoms with van der Waals surface area (Å²) in [5, 5.41) is 6.74. The average Bonchev–Trinajstić information content (AvgIpc) is 3.09. The summed E-state index contributed by atoms with van der Waals surface area (Å²) in [7, 11) is 1.50. The Bertz CT molecular complexity index is 784. The van der Waals surface area contributed by atoms with Crippen LogP contribution in [0.25, 0.3) is 11.3 Å². The molecule has 0 radical (unpaired) electrons. The van der Waals surface area contributed by atoms with Crippen molar-refractivity contribution in [1.29, 1.82) is 0 Å². The SMILES string of the molecule is COc1cc(-c2ccn[nH]2)ccc1OCc1c(F)cccc1F. The van der Waals surface area contributed by atoms with Crippen molar-refractivity contribution in [3.8, 4) is 22.8 Å². The number of methoxy groups -OCH3 is 1. The minimum absolute atomic E-state index is 0.118. The van der Waals surface area contributed by atoms with Crippen LogP contribution in [-0.4, -0.2) is 17.3 Å². The van der Waals surface area contributed by atoms with E-state index in [1.807, 2.05) is 12.1 Å². The van der Waals surface area contributed by atoms with Crippen molar-refractivity contribution in [2.24, 2.45) is 0 Å². The molecule has 0 unspecified atom stereocenters. The zero-order chi connectivity index (χ0) is 16.2. The number of aromatic amines is 1. The van der Waals surface area contributed by atoms with Gasteiger partial charge in [-0.3, -0.25) is 5.10 Å². The van der Waals surface area contributed by atoms with Crippen molar-refractivity contribution in [3.05, 3.63) is 65.9 Å². The van der Waals surface area contributed by atoms with Crippen molar-refractivity contribution in [1.82, 2.24) is 10.2 Å². The van der Waals surface area contributed by atoms with E-state index >= 15 is 0 Å². The van der Waals surface area contributed by atoms with Gasteiger partial charge in [-0.2, -0.15) is 5.10 Å². The van der Waals surface area contributed by atoms with Crippen LogP contribution in [0.4, 0.5) is 8.78 Å². The maximum Gasteiger partial charge on any atom is 0.161 e. The highest BCUT2D eigenvalue weighted by Gasteiger charge is 2.12. The Labute approximate surface area is 131 Å². The largest absolute Gasteiger partial charge is 0.493 e. The van der Waals surface area contributed by atoms with Crippen molar-refractivity contribution in [2.45, 2.75) is 6.61 Å². The zero-order valence-electron chi connectivity index (χ0n) is 12.3. The highest BCUT2D eigenvalue weighted by atomic mass is 19.1. The predicted molar refractivity (Wildman–Crippen MR) is 81.3 cm³/mol. The van der Waals surface area contributed by atoms with Crippen LogP contribution in [0.3, 0.4) is 0 Å². The molecule has 118 valence electrons. The molecule has 3 rings (SSSR count). The number of aromatic nitrogens is 2. The van der Waals surface area contributed by atoms with Crippen molar-refractivity contribution >= 4 is 0 Å². The summed E-state index contributed by atoms with van der Waals surface area (Å²) in [5.74, 6) is -0.414. The lowest BCUT2D eigenvalue weighted by molar-refractivity contribution is 0.274. The average molecular weight is 316 g/mol. The van der Waals surface area contributed by atoms with Crippen LogP contribution < -0.4 is 9.47 Å². The molecule has 1 N–H and O–H groups in total. The molecule has 23 heavy (non-hydrogen) atoms. The molecule has 0 amide bonds. The maximum atomic E-state index is 13.6. The molecule has 0 atom stereocenters. The van der Waals surface area contributed by atoms with E-state index in [1.54, 1.807) is 18.3 Å². The van der Waals surface area contributed by atoms with E-state index in [1.165, 1.54) is 25.3 Å². The van der Waals surface area contributed by atoms with Crippen LogP contribution in [0.15, 0.2) is 48.7 Å². The van der Waals surface area contributed by atoms with Gasteiger partial charge in [0, 0.05) is 11.8 Å². The third-order valence-electron chi connectivity index (χ3n) is 3.41. The number of nitrogens with one attached hydrogen (secondary N) is 1. The normalized spacial score (nSPS) is 10.6. The molecule has 0 saturated carbocycles. The zero-order valence-corrected chi connectivity index (χ0v) is 12.3. The van der Waals surface area contributed by atoms with Crippen LogP contribution in [0.5, 0.6) is 11.5 Å². The van der Waals surface area contributed by atoms with Crippen molar-refractivity contribution in [3.63, 3.8) is 0 Å². The second-order valence-electron chi connectivity index (χ2n) is 4.82. The summed E-state index contributed by atoms with van der Waals surface area (Å²) >= 11 is 0. The lowest BCUT2D eigenvalue weighted by Crippen LogP contribution is -2.03. The lowest BCUT2D eigenvalue weighted by Gasteiger charge is -2.12. The predicted octanol–water partition coefficient (Wildman–Crippen LogP) is 3.94. The van der Waals surface area contributed by atoms with E-state index in [9.17, 15) is 8.78 Å². The fourth-order valence-corrected chi connectivity index (χ4v) is 2.19. The Morgan fingerprint density at radius 1 is 1.04 bits per heavy atom. The highest BCUT2D eigenvalue weighted by Crippen LogP contribution is 2.32. The molecule has 3 aromatic rings. The minimum Gasteiger partial charge on any atom is -0.493 e. The molecule has 2 aromatic carbocycles. The smallest absolute Gasteiger partial charge is 0.161 e. The molecular formula is C17H14F2N2O2. The van der Waals surface area contributed by atoms with Crippen LogP contribution in [0.1, 0.15) is 5.56 Å². The number of H-pyrrole nitrogens is 1. The Kier molecular flexibility index (Phi) is 4.23. The standard InChI is InChI=1S/C17H14F2N2O2/c1-22-17-9-11(15-7-8-20-21-15)5-6-16(17)23-10-12-13(18)3-2-4-14(12)19/h2-9H,10H2,1H3,(H,20,21). The number of nitrogens with zero attached hydrogens (tertiary/aromatic N) is 1. The summed E-state index contributed by atoms with van der Waals surface area (Å²) in [5.41, 5.74) is 1.57. The molecule has 0 bridgehead atoms. The molecule has 0 spiro atoms. The van der Waals surface area contributed by atoms with Crippen LogP contribution in [-0.2, 0) is 6.61 Å². The summed E-state index contributed by atoms with van der Waals surface area (Å²) in [4.78, 5) is 0. The van der Waals surface area contributed by atoms with Crippen LogP contribution in [0, 0.1) is 11.6 Å². The second kappa shape index (κ2) is 6.48. The van der Waals surface area contributed by atoms with Gasteiger partial charge in [-0.15, -0.1) is 0 Å². The molecule has 1 heterocycles. The molecule has 0 saturated heterocycles. The number of benzene rings is 2. The van der Waals surface area contributed by atoms with E-state index in [4.69, 9.17) is 9.47 Å². The number of hydrogen-bond donors (Lipinski definition) is 1. The van der Waals surface area contributed by atoms with Gasteiger partial charge in [-0.1, -0.05) is 6.07 Å². The molecule has 6 heteroatoms. The van der Waals surface area contributed by atoms with E-state index in [0.717, 1.165) is 11.3 Å². The van der Waals surface area contributed by atoms with Gasteiger partial charge in [0.25, 0.3) is 0 Å². The first kappa shape index (κ1) is 15.0. The van der Waals surface area contributed by atoms with Gasteiger partial charge >= 0.3 is 0 Å². The van der Waals surface area contributed by atoms with Crippen molar-refractivity contribution in [2.75, 3.05) is 7.11 Å². The Balaban J connectivity index is 1.83. The molecule has 0 aliphatic heterocycles. The van der Waals surface area contributed by atoms with E-state index in [0.29, 0.717) is 11.5 Å². The molecule has 1 aromatic heterocycles. The van der Waals surface area contributed by atoms with Crippen LogP contribution >= 0.6 is 0 Å². The molecule has 0 aliphatic carbocycles. The molecule has 4 nitrogen and oxygen atoms in total. The Morgan fingerprint density at radius 3 is 2.48 bits per heavy atom. The number of rotatable bonds is 5. The van der Waals surface area contributed by atoms with E-state index in [2.05, 4.69) is 10.2 Å². The topological polar surface area (TPSA) is 47.1 Å². The fraction of sp³-hybridized carbons (Fsp3) is 0.118. The Hall–Kier alpha value is -2.89. The minimum atomic E-state index is -0.641. The number of ether oxygens (including phenoxy) is 2. The van der Waals surface area contributed by atoms with Crippen molar-refractivity contribution < 1.29 is 18.3 Å². The molecule has 0 aliphatic rings. The fourth-order valence-electron chi connectivity index (χ4n) is 2.19. The lowest BCUT2D eigenvalue weighted by atomic mass is 10.1. The van der Waals surface area contributed by atoms with Crippen LogP contribution in [0.2, 0.25) is 0 Å². The van der Waals surface area contributed by atoms with Gasteiger partial charge in [0.15, 0.2) is 11.5 Å². The maximum absolute atomic E-state index is 13.6. The van der Waals surface area contributed by atoms with Gasteiger partial charge in [0.05, 0.1) is 18.4 Å². The first-order chi connectivity index (χ1) is 11.2. The van der Waals surface area contributed by atoms with E-state index in [-0.39, 0.29) is 12.2 Å². The van der Waals surface area contributed by atoms with E-state index < -0.39 is 11.6 Å². The van der Waals surface area contributed by atoms with Gasteiger partial charge in [0.2, 0.25) is 0 Å². The van der Waals surface area contributed by atoms with Gasteiger partial charge in [0.1, 0.15) is 18.2 Å². The third kappa shape index (κ3) is 3.15. The van der Waals surface area contributed by atoms with Gasteiger partial charge in [-0.05, 0) is 36.4 Å². The van der Waals surface area contributed by atoms with Gasteiger partial charge in [-0.25, -0.2) is 8.78 Å². The summed E-state index contributed by atoms with van der Waals surface area (Å²) < 4.78 is 38.0. The molecule has 0 fully saturated rings. The second-order valence-corrected chi connectivity index (χ2v) is 4.82. The summed E-state index contributed by atoms with van der Waals surface area (Å²) in [6, 6.07) is 10.8. The molecular weight excluding hydrogens is 302 g/mol. The van der Waals surface area contributed by atoms with Gasteiger partial charge < -0.3 is 9.47 Å². The monoisotopic (exact) mass is 316 g/mol. The number of hydrogen-bond acceptors (Lipinski definition) is 3. The first-order valence-corrected chi connectivity index (χ1v) is 6.92. The summed E-state index contributed by atoms with van der Waals surface area (Å²) in [6.45, 7) is -0.224. The first-order valence-electron chi connectivity index (χ1n) is 6.92. The Morgan fingerprint density at radius 2 is 1.83 bits per heavy atom. The third-order valence-corrected chi connectivity index (χ3v) is 3.41. The quantitative estimate of drug-likeness (QED) is 0.775. The number of halogens is 2. The summed E-state index contributed by atoms with van der Waals surface area (Å²) in [6.07, 6.45) is 1.65.